The lowest BCUT2D eigenvalue weighted by Gasteiger charge is -2.06. The molecule has 4 aromatic heterocycles. The van der Waals surface area contributed by atoms with E-state index in [9.17, 15) is 0 Å². The van der Waals surface area contributed by atoms with Crippen LogP contribution in [-0.2, 0) is 0 Å². The molecule has 10 nitrogen and oxygen atoms in total. The molecule has 10 heteroatoms. The molecular formula is C18H22N10. The van der Waals surface area contributed by atoms with Gasteiger partial charge in [-0.2, -0.15) is 0 Å². The highest BCUT2D eigenvalue weighted by Gasteiger charge is 2.16. The summed E-state index contributed by atoms with van der Waals surface area (Å²) in [5, 5.41) is 6.60. The van der Waals surface area contributed by atoms with Gasteiger partial charge in [0.25, 0.3) is 0 Å². The maximum absolute atomic E-state index is 4.65. The zero-order chi connectivity index (χ0) is 19.3. The molecule has 0 atom stereocenters. The number of anilines is 2. The number of allylic oxidation sites excluding steroid dienone is 1. The zero-order valence-corrected chi connectivity index (χ0v) is 15.8. The van der Waals surface area contributed by atoms with E-state index in [1.54, 1.807) is 6.33 Å². The molecule has 28 heavy (non-hydrogen) atoms. The van der Waals surface area contributed by atoms with Gasteiger partial charge in [0.2, 0.25) is 0 Å². The molecule has 0 spiro atoms. The molecule has 0 aromatic carbocycles. The first-order valence-corrected chi connectivity index (χ1v) is 9.31. The van der Waals surface area contributed by atoms with E-state index in [-0.39, 0.29) is 0 Å². The standard InChI is InChI=1S/C18H22N10/c1-3-5-7-19-13-12-16(24-10-22-13)28-17(25-12)18-26-14(20-8-6-4-2)11-15(27-18)23-9-21-11/h3,5,9-10H,4,6-8H2,1-2H3,(H2,19,22,24,25,28)(H2,20,21,23,26,27)/b5-3+. The predicted molar refractivity (Wildman–Crippen MR) is 109 cm³/mol. The Morgan fingerprint density at radius 2 is 1.89 bits per heavy atom. The molecule has 0 radical (unpaired) electrons. The Bertz CT molecular complexity index is 1110. The van der Waals surface area contributed by atoms with E-state index in [1.807, 2.05) is 19.1 Å². The molecule has 4 N–H and O–H groups in total. The van der Waals surface area contributed by atoms with Crippen molar-refractivity contribution in [3.63, 3.8) is 0 Å². The molecule has 0 saturated carbocycles. The summed E-state index contributed by atoms with van der Waals surface area (Å²) in [7, 11) is 0. The van der Waals surface area contributed by atoms with Crippen molar-refractivity contribution in [2.75, 3.05) is 23.7 Å². The van der Waals surface area contributed by atoms with Gasteiger partial charge < -0.3 is 20.6 Å². The lowest BCUT2D eigenvalue weighted by Crippen LogP contribution is -2.05. The van der Waals surface area contributed by atoms with E-state index < -0.39 is 0 Å². The van der Waals surface area contributed by atoms with E-state index in [4.69, 9.17) is 0 Å². The first-order valence-electron chi connectivity index (χ1n) is 9.31. The summed E-state index contributed by atoms with van der Waals surface area (Å²) in [6, 6.07) is 0. The summed E-state index contributed by atoms with van der Waals surface area (Å²) in [5.41, 5.74) is 2.64. The van der Waals surface area contributed by atoms with Gasteiger partial charge in [-0.25, -0.2) is 29.9 Å². The minimum atomic E-state index is 0.455. The number of nitrogens with one attached hydrogen (secondary N) is 4. The first kappa shape index (κ1) is 17.8. The van der Waals surface area contributed by atoms with E-state index in [1.165, 1.54) is 6.33 Å². The lowest BCUT2D eigenvalue weighted by molar-refractivity contribution is 0.831. The molecule has 4 heterocycles. The van der Waals surface area contributed by atoms with Crippen LogP contribution in [0.25, 0.3) is 34.0 Å². The van der Waals surface area contributed by atoms with Crippen molar-refractivity contribution in [3.05, 3.63) is 24.8 Å². The SMILES string of the molecule is C/C=C/CNc1ncnc2nc(-c3nc(NCCCC)c4[nH]cnc4n3)[nH]c12. The first-order chi connectivity index (χ1) is 13.8. The van der Waals surface area contributed by atoms with Crippen LogP contribution in [0.2, 0.25) is 0 Å². The Hall–Kier alpha value is -3.56. The van der Waals surface area contributed by atoms with Crippen LogP contribution in [0.5, 0.6) is 0 Å². The molecule has 0 aliphatic heterocycles. The van der Waals surface area contributed by atoms with Crippen molar-refractivity contribution in [2.24, 2.45) is 0 Å². The molecule has 0 amide bonds. The Morgan fingerprint density at radius 3 is 2.75 bits per heavy atom. The summed E-state index contributed by atoms with van der Waals surface area (Å²) in [4.78, 5) is 32.9. The summed E-state index contributed by atoms with van der Waals surface area (Å²) in [6.45, 7) is 5.61. The van der Waals surface area contributed by atoms with Gasteiger partial charge in [0, 0.05) is 13.1 Å². The van der Waals surface area contributed by atoms with Crippen LogP contribution < -0.4 is 10.6 Å². The second-order valence-corrected chi connectivity index (χ2v) is 6.23. The predicted octanol–water partition coefficient (Wildman–Crippen LogP) is 2.89. The third-order valence-electron chi connectivity index (χ3n) is 4.23. The van der Waals surface area contributed by atoms with Crippen LogP contribution in [-0.4, -0.2) is 53.0 Å². The van der Waals surface area contributed by atoms with Gasteiger partial charge in [0.1, 0.15) is 17.4 Å². The van der Waals surface area contributed by atoms with Gasteiger partial charge in [-0.1, -0.05) is 25.5 Å². The third kappa shape index (κ3) is 3.48. The van der Waals surface area contributed by atoms with Crippen molar-refractivity contribution in [1.82, 2.24) is 39.9 Å². The van der Waals surface area contributed by atoms with Crippen LogP contribution in [0.15, 0.2) is 24.8 Å². The average molecular weight is 378 g/mol. The van der Waals surface area contributed by atoms with E-state index in [2.05, 4.69) is 57.4 Å². The molecule has 0 unspecified atom stereocenters. The molecule has 4 aromatic rings. The quantitative estimate of drug-likeness (QED) is 0.272. The largest absolute Gasteiger partial charge is 0.368 e. The van der Waals surface area contributed by atoms with E-state index >= 15 is 0 Å². The topological polar surface area (TPSA) is 133 Å². The van der Waals surface area contributed by atoms with Gasteiger partial charge in [-0.3, -0.25) is 0 Å². The fraction of sp³-hybridized carbons (Fsp3) is 0.333. The number of hydrogen-bond acceptors (Lipinski definition) is 8. The number of imidazole rings is 2. The number of H-pyrrole nitrogens is 2. The van der Waals surface area contributed by atoms with Crippen molar-refractivity contribution in [3.8, 4) is 11.6 Å². The number of rotatable bonds is 8. The summed E-state index contributed by atoms with van der Waals surface area (Å²) in [6.07, 6.45) is 9.23. The van der Waals surface area contributed by atoms with E-state index in [0.717, 1.165) is 24.9 Å². The third-order valence-corrected chi connectivity index (χ3v) is 4.23. The second-order valence-electron chi connectivity index (χ2n) is 6.23. The Kier molecular flexibility index (Phi) is 5.09. The van der Waals surface area contributed by atoms with Gasteiger partial charge in [-0.05, 0) is 13.3 Å². The van der Waals surface area contributed by atoms with Crippen molar-refractivity contribution in [2.45, 2.75) is 26.7 Å². The van der Waals surface area contributed by atoms with Gasteiger partial charge in [-0.15, -0.1) is 0 Å². The average Bonchev–Trinajstić information content (AvgIpc) is 3.35. The molecule has 144 valence electrons. The highest BCUT2D eigenvalue weighted by atomic mass is 15.1. The number of unbranched alkanes of at least 4 members (excludes halogenated alkanes) is 1. The molecular weight excluding hydrogens is 356 g/mol. The Labute approximate surface area is 161 Å². The number of aromatic nitrogens is 8. The Morgan fingerprint density at radius 1 is 1.00 bits per heavy atom. The molecule has 0 bridgehead atoms. The lowest BCUT2D eigenvalue weighted by atomic mass is 10.3. The van der Waals surface area contributed by atoms with Gasteiger partial charge >= 0.3 is 0 Å². The Balaban J connectivity index is 1.73. The second kappa shape index (κ2) is 7.99. The van der Waals surface area contributed by atoms with Crippen LogP contribution in [0.4, 0.5) is 11.6 Å². The highest BCUT2D eigenvalue weighted by Crippen LogP contribution is 2.24. The monoisotopic (exact) mass is 378 g/mol. The molecule has 0 aliphatic carbocycles. The number of nitrogens with zero attached hydrogens (tertiary/aromatic N) is 6. The fourth-order valence-electron chi connectivity index (χ4n) is 2.79. The van der Waals surface area contributed by atoms with Crippen LogP contribution >= 0.6 is 0 Å². The number of hydrogen-bond donors (Lipinski definition) is 4. The van der Waals surface area contributed by atoms with Gasteiger partial charge in [0.05, 0.1) is 6.33 Å². The molecule has 0 aliphatic rings. The normalized spacial score (nSPS) is 11.6. The molecule has 0 saturated heterocycles. The number of aromatic amines is 2. The van der Waals surface area contributed by atoms with Crippen LogP contribution in [0.1, 0.15) is 26.7 Å². The summed E-state index contributed by atoms with van der Waals surface area (Å²) < 4.78 is 0. The summed E-state index contributed by atoms with van der Waals surface area (Å²) >= 11 is 0. The maximum Gasteiger partial charge on any atom is 0.199 e. The maximum atomic E-state index is 4.65. The highest BCUT2D eigenvalue weighted by molar-refractivity contribution is 5.87. The minimum absolute atomic E-state index is 0.455. The van der Waals surface area contributed by atoms with Crippen molar-refractivity contribution in [1.29, 1.82) is 0 Å². The summed E-state index contributed by atoms with van der Waals surface area (Å²) in [5.74, 6) is 2.37. The smallest absolute Gasteiger partial charge is 0.199 e. The van der Waals surface area contributed by atoms with Gasteiger partial charge in [0.15, 0.2) is 34.6 Å². The minimum Gasteiger partial charge on any atom is -0.368 e. The molecule has 0 fully saturated rings. The van der Waals surface area contributed by atoms with Crippen LogP contribution in [0.3, 0.4) is 0 Å². The zero-order valence-electron chi connectivity index (χ0n) is 15.8. The fourth-order valence-corrected chi connectivity index (χ4v) is 2.79. The van der Waals surface area contributed by atoms with Crippen molar-refractivity contribution < 1.29 is 0 Å². The number of fused-ring (bicyclic) bond motifs is 2. The van der Waals surface area contributed by atoms with E-state index in [0.29, 0.717) is 46.6 Å². The van der Waals surface area contributed by atoms with Crippen molar-refractivity contribution >= 4 is 34.0 Å². The molecule has 4 rings (SSSR count). The van der Waals surface area contributed by atoms with Crippen LogP contribution in [0, 0.1) is 0 Å².